The average molecular weight is 204 g/mol. The van der Waals surface area contributed by atoms with Crippen molar-refractivity contribution in [3.8, 4) is 0 Å². The number of hydrogen-bond donors (Lipinski definition) is 0. The molecule has 0 aromatic rings. The third kappa shape index (κ3) is 0.875. The van der Waals surface area contributed by atoms with Gasteiger partial charge >= 0.3 is 0 Å². The van der Waals surface area contributed by atoms with Crippen molar-refractivity contribution in [1.29, 1.82) is 0 Å². The van der Waals surface area contributed by atoms with Crippen LogP contribution in [0, 0.1) is 40.9 Å². The van der Waals surface area contributed by atoms with Gasteiger partial charge in [-0.3, -0.25) is 0 Å². The minimum Gasteiger partial charge on any atom is -0.0651 e. The molecule has 4 fully saturated rings. The van der Waals surface area contributed by atoms with Gasteiger partial charge in [0, 0.05) is 0 Å². The van der Waals surface area contributed by atoms with Gasteiger partial charge in [0.25, 0.3) is 0 Å². The van der Waals surface area contributed by atoms with E-state index in [0.717, 1.165) is 11.3 Å². The molecule has 0 aromatic heterocycles. The van der Waals surface area contributed by atoms with E-state index in [-0.39, 0.29) is 0 Å². The van der Waals surface area contributed by atoms with Crippen molar-refractivity contribution in [2.45, 2.75) is 52.4 Å². The molecule has 4 rings (SSSR count). The molecule has 4 aliphatic carbocycles. The topological polar surface area (TPSA) is 0 Å². The maximum atomic E-state index is 2.45. The summed E-state index contributed by atoms with van der Waals surface area (Å²) < 4.78 is 0. The van der Waals surface area contributed by atoms with E-state index in [2.05, 4.69) is 13.8 Å². The Morgan fingerprint density at radius 3 is 2.33 bits per heavy atom. The first-order valence-electron chi connectivity index (χ1n) is 7.30. The van der Waals surface area contributed by atoms with E-state index >= 15 is 0 Å². The summed E-state index contributed by atoms with van der Waals surface area (Å²) in [5, 5.41) is 0. The average Bonchev–Trinajstić information content (AvgIpc) is 2.96. The molecule has 0 aliphatic heterocycles. The van der Waals surface area contributed by atoms with Gasteiger partial charge in [-0.1, -0.05) is 26.7 Å². The van der Waals surface area contributed by atoms with Gasteiger partial charge in [0.2, 0.25) is 0 Å². The van der Waals surface area contributed by atoms with E-state index in [1.54, 1.807) is 25.7 Å². The highest BCUT2D eigenvalue weighted by Gasteiger charge is 2.71. The van der Waals surface area contributed by atoms with Gasteiger partial charge in [-0.15, -0.1) is 0 Å². The van der Waals surface area contributed by atoms with Crippen LogP contribution in [0.15, 0.2) is 0 Å². The van der Waals surface area contributed by atoms with Gasteiger partial charge in [-0.05, 0) is 66.6 Å². The minimum absolute atomic E-state index is 0.874. The van der Waals surface area contributed by atoms with Crippen LogP contribution in [0.25, 0.3) is 0 Å². The van der Waals surface area contributed by atoms with Crippen molar-refractivity contribution in [3.63, 3.8) is 0 Å². The lowest BCUT2D eigenvalue weighted by atomic mass is 9.42. The molecule has 6 atom stereocenters. The van der Waals surface area contributed by atoms with E-state index in [1.165, 1.54) is 42.4 Å². The Balaban J connectivity index is 1.57. The second-order valence-corrected chi connectivity index (χ2v) is 6.95. The highest BCUT2D eigenvalue weighted by molar-refractivity contribution is 5.20. The molecule has 0 radical (unpaired) electrons. The van der Waals surface area contributed by atoms with Gasteiger partial charge in [0.15, 0.2) is 0 Å². The van der Waals surface area contributed by atoms with E-state index in [9.17, 15) is 0 Å². The lowest BCUT2D eigenvalue weighted by molar-refractivity contribution is -0.148. The first-order valence-corrected chi connectivity index (χ1v) is 7.30. The maximum Gasteiger partial charge on any atom is -0.0266 e. The standard InChI is InChI=1S/C15H24/c1-3-9-7-11-13-10(9)8-12(13)14(11)15(4-2)5-6-15/h9-14H,3-8H2,1-2H3. The largest absolute Gasteiger partial charge is 0.0651 e. The SMILES string of the molecule is CCC1CC2C3C1CC3C2C1(CC)CC1. The van der Waals surface area contributed by atoms with Crippen molar-refractivity contribution >= 4 is 0 Å². The van der Waals surface area contributed by atoms with Crippen LogP contribution >= 0.6 is 0 Å². The summed E-state index contributed by atoms with van der Waals surface area (Å²) in [5.74, 6) is 7.15. The molecule has 0 aromatic carbocycles. The van der Waals surface area contributed by atoms with E-state index < -0.39 is 0 Å². The van der Waals surface area contributed by atoms with Crippen molar-refractivity contribution in [2.24, 2.45) is 40.9 Å². The monoisotopic (exact) mass is 204 g/mol. The van der Waals surface area contributed by atoms with Gasteiger partial charge in [0.05, 0.1) is 0 Å². The summed E-state index contributed by atoms with van der Waals surface area (Å²) in [6.07, 6.45) is 9.36. The van der Waals surface area contributed by atoms with Crippen molar-refractivity contribution < 1.29 is 0 Å². The Morgan fingerprint density at radius 1 is 1.00 bits per heavy atom. The molecular weight excluding hydrogens is 180 g/mol. The Morgan fingerprint density at radius 2 is 1.73 bits per heavy atom. The molecule has 0 N–H and O–H groups in total. The van der Waals surface area contributed by atoms with Crippen LogP contribution in [-0.4, -0.2) is 0 Å². The number of rotatable bonds is 3. The van der Waals surface area contributed by atoms with Crippen molar-refractivity contribution in [1.82, 2.24) is 0 Å². The lowest BCUT2D eigenvalue weighted by Gasteiger charge is -2.62. The molecule has 0 heterocycles. The second kappa shape index (κ2) is 2.63. The van der Waals surface area contributed by atoms with Crippen LogP contribution in [0.1, 0.15) is 52.4 Å². The fourth-order valence-electron chi connectivity index (χ4n) is 5.98. The van der Waals surface area contributed by atoms with Crippen molar-refractivity contribution in [2.75, 3.05) is 0 Å². The molecule has 0 heteroatoms. The third-order valence-electron chi connectivity index (χ3n) is 6.96. The smallest absolute Gasteiger partial charge is 0.0266 e. The van der Waals surface area contributed by atoms with Crippen molar-refractivity contribution in [3.05, 3.63) is 0 Å². The quantitative estimate of drug-likeness (QED) is 0.649. The Hall–Kier alpha value is 0. The van der Waals surface area contributed by atoms with Crippen LogP contribution in [0.2, 0.25) is 0 Å². The Labute approximate surface area is 93.8 Å². The molecule has 0 bridgehead atoms. The summed E-state index contributed by atoms with van der Waals surface area (Å²) in [5.41, 5.74) is 0.874. The summed E-state index contributed by atoms with van der Waals surface area (Å²) in [6.45, 7) is 4.87. The predicted octanol–water partition coefficient (Wildman–Crippen LogP) is 4.10. The molecule has 0 nitrogen and oxygen atoms in total. The molecule has 4 saturated carbocycles. The maximum absolute atomic E-state index is 2.45. The predicted molar refractivity (Wildman–Crippen MR) is 62.4 cm³/mol. The molecule has 4 aliphatic rings. The first kappa shape index (κ1) is 9.07. The van der Waals surface area contributed by atoms with E-state index in [0.29, 0.717) is 0 Å². The Kier molecular flexibility index (Phi) is 1.59. The highest BCUT2D eigenvalue weighted by atomic mass is 14.8. The zero-order valence-electron chi connectivity index (χ0n) is 10.2. The third-order valence-corrected chi connectivity index (χ3v) is 6.96. The molecule has 6 unspecified atom stereocenters. The Bertz CT molecular complexity index is 288. The van der Waals surface area contributed by atoms with Crippen LogP contribution < -0.4 is 0 Å². The van der Waals surface area contributed by atoms with Crippen LogP contribution in [0.4, 0.5) is 0 Å². The van der Waals surface area contributed by atoms with Gasteiger partial charge in [-0.2, -0.15) is 0 Å². The van der Waals surface area contributed by atoms with Crippen LogP contribution in [-0.2, 0) is 0 Å². The summed E-state index contributed by atoms with van der Waals surface area (Å²) in [4.78, 5) is 0. The molecule has 0 amide bonds. The zero-order chi connectivity index (χ0) is 10.2. The normalized spacial score (nSPS) is 58.0. The number of hydrogen-bond acceptors (Lipinski definition) is 0. The van der Waals surface area contributed by atoms with E-state index in [4.69, 9.17) is 0 Å². The summed E-state index contributed by atoms with van der Waals surface area (Å²) >= 11 is 0. The van der Waals surface area contributed by atoms with E-state index in [1.807, 2.05) is 0 Å². The van der Waals surface area contributed by atoms with Crippen LogP contribution in [0.5, 0.6) is 0 Å². The second-order valence-electron chi connectivity index (χ2n) is 6.95. The zero-order valence-corrected chi connectivity index (χ0v) is 10.2. The molecule has 0 saturated heterocycles. The molecule has 84 valence electrons. The fraction of sp³-hybridized carbons (Fsp3) is 1.00. The molecule has 0 spiro atoms. The molecule has 15 heavy (non-hydrogen) atoms. The highest BCUT2D eigenvalue weighted by Crippen LogP contribution is 2.78. The first-order chi connectivity index (χ1) is 7.30. The summed E-state index contributed by atoms with van der Waals surface area (Å²) in [6, 6.07) is 0. The molecular formula is C15H24. The van der Waals surface area contributed by atoms with Gasteiger partial charge in [-0.25, -0.2) is 0 Å². The van der Waals surface area contributed by atoms with Crippen LogP contribution in [0.3, 0.4) is 0 Å². The summed E-state index contributed by atoms with van der Waals surface area (Å²) in [7, 11) is 0. The van der Waals surface area contributed by atoms with Gasteiger partial charge < -0.3 is 0 Å². The van der Waals surface area contributed by atoms with Gasteiger partial charge in [0.1, 0.15) is 0 Å². The minimum atomic E-state index is 0.874. The fourth-order valence-corrected chi connectivity index (χ4v) is 5.98. The lowest BCUT2D eigenvalue weighted by Crippen LogP contribution is -2.57.